The van der Waals surface area contributed by atoms with E-state index in [1.165, 1.54) is 6.20 Å². The summed E-state index contributed by atoms with van der Waals surface area (Å²) in [6.07, 6.45) is 2.60. The van der Waals surface area contributed by atoms with Gasteiger partial charge in [-0.2, -0.15) is 0 Å². The Morgan fingerprint density at radius 2 is 2.00 bits per heavy atom. The van der Waals surface area contributed by atoms with Gasteiger partial charge in [-0.05, 0) is 26.4 Å². The molecule has 0 saturated carbocycles. The van der Waals surface area contributed by atoms with Crippen LogP contribution in [0.4, 0.5) is 0 Å². The smallest absolute Gasteiger partial charge is 0.0973 e. The molecule has 0 unspecified atom stereocenters. The van der Waals surface area contributed by atoms with Gasteiger partial charge in [-0.1, -0.05) is 13.8 Å². The van der Waals surface area contributed by atoms with E-state index >= 15 is 0 Å². The third kappa shape index (κ3) is 4.44. The van der Waals surface area contributed by atoms with Crippen LogP contribution in [-0.4, -0.2) is 42.5 Å². The van der Waals surface area contributed by atoms with Crippen molar-refractivity contribution >= 4 is 6.21 Å². The molecule has 0 aliphatic heterocycles. The van der Waals surface area contributed by atoms with E-state index in [-0.39, 0.29) is 6.04 Å². The Labute approximate surface area is 92.3 Å². The van der Waals surface area contributed by atoms with Crippen LogP contribution < -0.4 is 5.73 Å². The van der Waals surface area contributed by atoms with Crippen molar-refractivity contribution in [2.24, 2.45) is 11.7 Å². The Kier molecular flexibility index (Phi) is 6.20. The molecule has 0 aromatic rings. The minimum atomic E-state index is -0.690. The number of nitrogens with zero attached hydrogens (tertiary/aromatic N) is 1. The Hall–Kier alpha value is -0.870. The second kappa shape index (κ2) is 6.58. The van der Waals surface area contributed by atoms with Crippen LogP contribution in [0, 0.1) is 11.3 Å². The number of hydrogen-bond donors (Lipinski definition) is 3. The van der Waals surface area contributed by atoms with Gasteiger partial charge in [-0.3, -0.25) is 0 Å². The van der Waals surface area contributed by atoms with Crippen LogP contribution in [0.5, 0.6) is 0 Å². The van der Waals surface area contributed by atoms with Gasteiger partial charge < -0.3 is 21.1 Å². The van der Waals surface area contributed by atoms with Crippen molar-refractivity contribution in [3.63, 3.8) is 0 Å². The van der Waals surface area contributed by atoms with E-state index in [4.69, 9.17) is 11.1 Å². The van der Waals surface area contributed by atoms with Crippen LogP contribution in [0.25, 0.3) is 0 Å². The third-order valence-electron chi connectivity index (χ3n) is 2.44. The quantitative estimate of drug-likeness (QED) is 0.572. The molecular formula is C11H23N3O. The molecule has 4 nitrogen and oxygen atoms in total. The van der Waals surface area contributed by atoms with Crippen LogP contribution >= 0.6 is 0 Å². The van der Waals surface area contributed by atoms with E-state index in [1.54, 1.807) is 0 Å². The zero-order valence-corrected chi connectivity index (χ0v) is 10.1. The monoisotopic (exact) mass is 213 g/mol. The highest BCUT2D eigenvalue weighted by atomic mass is 16.3. The lowest BCUT2D eigenvalue weighted by Crippen LogP contribution is -2.41. The van der Waals surface area contributed by atoms with Crippen LogP contribution in [-0.2, 0) is 0 Å². The summed E-state index contributed by atoms with van der Waals surface area (Å²) < 4.78 is 0. The van der Waals surface area contributed by atoms with Gasteiger partial charge >= 0.3 is 0 Å². The number of aliphatic hydroxyl groups excluding tert-OH is 1. The first kappa shape index (κ1) is 14.1. The molecule has 0 aliphatic rings. The zero-order chi connectivity index (χ0) is 12.0. The number of hydrogen-bond acceptors (Lipinski definition) is 4. The van der Waals surface area contributed by atoms with E-state index in [2.05, 4.69) is 13.8 Å². The van der Waals surface area contributed by atoms with Gasteiger partial charge in [0.2, 0.25) is 0 Å². The fraction of sp³-hybridized carbons (Fsp3) is 0.727. The molecule has 4 N–H and O–H groups in total. The van der Waals surface area contributed by atoms with Crippen molar-refractivity contribution in [3.8, 4) is 0 Å². The van der Waals surface area contributed by atoms with E-state index in [0.717, 1.165) is 12.6 Å². The molecule has 0 amide bonds. The SMILES string of the molecule is CC(C)C[C@@H]([C@H](O)/C(C=N)=C/N)N(C)C. The highest BCUT2D eigenvalue weighted by Gasteiger charge is 2.24. The number of aliphatic hydroxyl groups is 1. The van der Waals surface area contributed by atoms with Gasteiger partial charge in [0.05, 0.1) is 6.10 Å². The predicted molar refractivity (Wildman–Crippen MR) is 64.0 cm³/mol. The van der Waals surface area contributed by atoms with Gasteiger partial charge in [0.15, 0.2) is 0 Å². The van der Waals surface area contributed by atoms with Crippen LogP contribution in [0.1, 0.15) is 20.3 Å². The molecule has 15 heavy (non-hydrogen) atoms. The van der Waals surface area contributed by atoms with E-state index in [1.807, 2.05) is 19.0 Å². The topological polar surface area (TPSA) is 73.3 Å². The lowest BCUT2D eigenvalue weighted by atomic mass is 9.94. The summed E-state index contributed by atoms with van der Waals surface area (Å²) in [5.74, 6) is 0.497. The average molecular weight is 213 g/mol. The van der Waals surface area contributed by atoms with Crippen molar-refractivity contribution < 1.29 is 5.11 Å². The molecule has 0 fully saturated rings. The molecule has 2 atom stereocenters. The first-order valence-corrected chi connectivity index (χ1v) is 5.20. The molecule has 0 bridgehead atoms. The summed E-state index contributed by atoms with van der Waals surface area (Å²) in [7, 11) is 3.85. The summed E-state index contributed by atoms with van der Waals surface area (Å²) in [5.41, 5.74) is 5.83. The van der Waals surface area contributed by atoms with Gasteiger partial charge in [0.25, 0.3) is 0 Å². The summed E-state index contributed by atoms with van der Waals surface area (Å²) in [6, 6.07) is 0.00130. The Bertz CT molecular complexity index is 224. The fourth-order valence-electron chi connectivity index (χ4n) is 1.56. The van der Waals surface area contributed by atoms with E-state index in [0.29, 0.717) is 11.5 Å². The van der Waals surface area contributed by atoms with Crippen LogP contribution in [0.3, 0.4) is 0 Å². The lowest BCUT2D eigenvalue weighted by Gasteiger charge is -2.30. The summed E-state index contributed by atoms with van der Waals surface area (Å²) >= 11 is 0. The normalized spacial score (nSPS) is 16.9. The molecule has 0 rings (SSSR count). The second-order valence-corrected chi connectivity index (χ2v) is 4.42. The van der Waals surface area contributed by atoms with Gasteiger partial charge in [0.1, 0.15) is 0 Å². The van der Waals surface area contributed by atoms with E-state index in [9.17, 15) is 5.11 Å². The first-order chi connectivity index (χ1) is 6.93. The number of rotatable bonds is 6. The van der Waals surface area contributed by atoms with Crippen molar-refractivity contribution in [3.05, 3.63) is 11.8 Å². The van der Waals surface area contributed by atoms with E-state index < -0.39 is 6.10 Å². The molecule has 0 aromatic carbocycles. The van der Waals surface area contributed by atoms with Crippen molar-refractivity contribution in [1.29, 1.82) is 5.41 Å². The number of nitrogens with one attached hydrogen (secondary N) is 1. The largest absolute Gasteiger partial charge is 0.404 e. The van der Waals surface area contributed by atoms with Gasteiger partial charge in [-0.15, -0.1) is 0 Å². The van der Waals surface area contributed by atoms with Crippen molar-refractivity contribution in [1.82, 2.24) is 4.90 Å². The average Bonchev–Trinajstić information content (AvgIpc) is 2.15. The van der Waals surface area contributed by atoms with Gasteiger partial charge in [-0.25, -0.2) is 0 Å². The van der Waals surface area contributed by atoms with Crippen molar-refractivity contribution in [2.75, 3.05) is 14.1 Å². The predicted octanol–water partition coefficient (Wildman–Crippen LogP) is 0.816. The lowest BCUT2D eigenvalue weighted by molar-refractivity contribution is 0.0934. The molecular weight excluding hydrogens is 190 g/mol. The molecule has 0 aromatic heterocycles. The Balaban J connectivity index is 4.68. The van der Waals surface area contributed by atoms with Crippen molar-refractivity contribution in [2.45, 2.75) is 32.4 Å². The first-order valence-electron chi connectivity index (χ1n) is 5.20. The highest BCUT2D eigenvalue weighted by molar-refractivity contribution is 5.77. The summed E-state index contributed by atoms with van der Waals surface area (Å²) in [4.78, 5) is 1.97. The molecule has 88 valence electrons. The third-order valence-corrected chi connectivity index (χ3v) is 2.44. The minimum absolute atomic E-state index is 0.00130. The maximum Gasteiger partial charge on any atom is 0.0973 e. The standard InChI is InChI=1S/C11H23N3O/c1-8(2)5-10(14(3)4)11(15)9(6-12)7-13/h6-8,10-12,15H,5,13H2,1-4H3/b9-7+,12-6?/t10-,11+/m0/s1. The minimum Gasteiger partial charge on any atom is -0.404 e. The molecule has 0 saturated heterocycles. The highest BCUT2D eigenvalue weighted by Crippen LogP contribution is 2.16. The van der Waals surface area contributed by atoms with Gasteiger partial charge in [0, 0.05) is 24.0 Å². The summed E-state index contributed by atoms with van der Waals surface area (Å²) in [6.45, 7) is 4.22. The molecule has 0 radical (unpaired) electrons. The Morgan fingerprint density at radius 1 is 1.47 bits per heavy atom. The number of likely N-dealkylation sites (N-methyl/N-ethyl adjacent to an activating group) is 1. The second-order valence-electron chi connectivity index (χ2n) is 4.42. The molecule has 0 heterocycles. The number of nitrogens with two attached hydrogens (primary N) is 1. The Morgan fingerprint density at radius 3 is 2.27 bits per heavy atom. The molecule has 4 heteroatoms. The maximum atomic E-state index is 10.0. The van der Waals surface area contributed by atoms with Crippen LogP contribution in [0.2, 0.25) is 0 Å². The molecule has 0 aliphatic carbocycles. The molecule has 0 spiro atoms. The maximum absolute atomic E-state index is 10.0. The zero-order valence-electron chi connectivity index (χ0n) is 10.1. The van der Waals surface area contributed by atoms with Crippen LogP contribution in [0.15, 0.2) is 11.8 Å². The fourth-order valence-corrected chi connectivity index (χ4v) is 1.56. The summed E-state index contributed by atoms with van der Waals surface area (Å²) in [5, 5.41) is 17.2.